The van der Waals surface area contributed by atoms with Crippen LogP contribution < -0.4 is 11.3 Å². The number of rotatable bonds is 7. The molecule has 0 saturated carbocycles. The van der Waals surface area contributed by atoms with E-state index in [1.54, 1.807) is 29.5 Å². The maximum absolute atomic E-state index is 14.8. The SMILES string of the molecule is Cl.Cl.Cn1nc2c(=O)n(CC3(O)CCN(Cc4ccc(-c5cncs5)cc4F)CC3)cnc2c1-c1ccc(CN)cc1. The summed E-state index contributed by atoms with van der Waals surface area (Å²) in [5, 5.41) is 15.8. The highest BCUT2D eigenvalue weighted by molar-refractivity contribution is 7.13. The molecule has 1 fully saturated rings. The van der Waals surface area contributed by atoms with E-state index in [-0.39, 0.29) is 48.3 Å². The van der Waals surface area contributed by atoms with Gasteiger partial charge in [-0.05, 0) is 30.0 Å². The lowest BCUT2D eigenvalue weighted by atomic mass is 9.91. The summed E-state index contributed by atoms with van der Waals surface area (Å²) < 4.78 is 17.9. The summed E-state index contributed by atoms with van der Waals surface area (Å²) in [5.74, 6) is -0.247. The Kier molecular flexibility index (Phi) is 9.81. The molecular weight excluding hydrogens is 600 g/mol. The molecule has 0 unspecified atom stereocenters. The lowest BCUT2D eigenvalue weighted by molar-refractivity contribution is -0.0366. The lowest BCUT2D eigenvalue weighted by Crippen LogP contribution is -2.47. The molecule has 1 saturated heterocycles. The van der Waals surface area contributed by atoms with E-state index in [0.717, 1.165) is 27.3 Å². The summed E-state index contributed by atoms with van der Waals surface area (Å²) in [6.45, 7) is 2.21. The van der Waals surface area contributed by atoms with Gasteiger partial charge in [-0.15, -0.1) is 36.2 Å². The van der Waals surface area contributed by atoms with Crippen LogP contribution in [0.3, 0.4) is 0 Å². The number of nitrogens with zero attached hydrogens (tertiary/aromatic N) is 6. The normalized spacial score (nSPS) is 14.9. The van der Waals surface area contributed by atoms with Gasteiger partial charge >= 0.3 is 0 Å². The maximum atomic E-state index is 14.8. The number of aliphatic hydroxyl groups is 1. The number of nitrogens with two attached hydrogens (primary N) is 1. The van der Waals surface area contributed by atoms with Crippen LogP contribution in [0.2, 0.25) is 0 Å². The van der Waals surface area contributed by atoms with Crippen molar-refractivity contribution >= 4 is 47.2 Å². The molecule has 0 radical (unpaired) electrons. The van der Waals surface area contributed by atoms with Crippen LogP contribution in [-0.2, 0) is 26.7 Å². The molecule has 3 N–H and O–H groups in total. The number of piperidine rings is 1. The van der Waals surface area contributed by atoms with E-state index >= 15 is 0 Å². The summed E-state index contributed by atoms with van der Waals surface area (Å²) in [6, 6.07) is 13.1. The number of aromatic nitrogens is 5. The number of hydrogen-bond acceptors (Lipinski definition) is 8. The second-order valence-electron chi connectivity index (χ2n) is 10.4. The van der Waals surface area contributed by atoms with Crippen molar-refractivity contribution in [3.63, 3.8) is 0 Å². The molecule has 2 aromatic carbocycles. The third kappa shape index (κ3) is 6.26. The van der Waals surface area contributed by atoms with Crippen LogP contribution in [0.4, 0.5) is 4.39 Å². The molecule has 0 amide bonds. The van der Waals surface area contributed by atoms with Crippen LogP contribution in [0, 0.1) is 5.82 Å². The van der Waals surface area contributed by atoms with Crippen LogP contribution >= 0.6 is 36.2 Å². The van der Waals surface area contributed by atoms with Gasteiger partial charge in [-0.3, -0.25) is 23.9 Å². The molecular formula is C29H32Cl2FN7O2S. The van der Waals surface area contributed by atoms with E-state index in [9.17, 15) is 14.3 Å². The van der Waals surface area contributed by atoms with E-state index in [4.69, 9.17) is 5.73 Å². The van der Waals surface area contributed by atoms with Crippen molar-refractivity contribution in [2.75, 3.05) is 13.1 Å². The fourth-order valence-electron chi connectivity index (χ4n) is 5.36. The first-order valence-electron chi connectivity index (χ1n) is 13.2. The van der Waals surface area contributed by atoms with E-state index in [1.165, 1.54) is 22.2 Å². The van der Waals surface area contributed by atoms with Gasteiger partial charge in [0.2, 0.25) is 0 Å². The van der Waals surface area contributed by atoms with Gasteiger partial charge in [0.1, 0.15) is 11.3 Å². The minimum absolute atomic E-state index is 0. The van der Waals surface area contributed by atoms with Crippen molar-refractivity contribution in [2.24, 2.45) is 12.8 Å². The van der Waals surface area contributed by atoms with Crippen molar-refractivity contribution < 1.29 is 9.50 Å². The molecule has 6 rings (SSSR count). The number of benzene rings is 2. The van der Waals surface area contributed by atoms with E-state index in [0.29, 0.717) is 50.1 Å². The Labute approximate surface area is 258 Å². The fourth-order valence-corrected chi connectivity index (χ4v) is 5.98. The molecule has 9 nitrogen and oxygen atoms in total. The third-order valence-corrected chi connectivity index (χ3v) is 8.51. The quantitative estimate of drug-likeness (QED) is 0.274. The maximum Gasteiger partial charge on any atom is 0.281 e. The highest BCUT2D eigenvalue weighted by atomic mass is 35.5. The van der Waals surface area contributed by atoms with Gasteiger partial charge in [-0.2, -0.15) is 5.10 Å². The lowest BCUT2D eigenvalue weighted by Gasteiger charge is -2.38. The van der Waals surface area contributed by atoms with Crippen molar-refractivity contribution in [2.45, 2.75) is 38.1 Å². The average Bonchev–Trinajstić information content (AvgIpc) is 3.61. The summed E-state index contributed by atoms with van der Waals surface area (Å²) in [4.78, 5) is 25.1. The van der Waals surface area contributed by atoms with Crippen molar-refractivity contribution in [1.82, 2.24) is 29.2 Å². The minimum atomic E-state index is -1.07. The minimum Gasteiger partial charge on any atom is -0.388 e. The zero-order valence-corrected chi connectivity index (χ0v) is 25.4. The largest absolute Gasteiger partial charge is 0.388 e. The van der Waals surface area contributed by atoms with Crippen LogP contribution in [-0.4, -0.2) is 53.0 Å². The monoisotopic (exact) mass is 631 g/mol. The molecule has 1 aliphatic rings. The molecule has 222 valence electrons. The number of halogens is 3. The van der Waals surface area contributed by atoms with Crippen LogP contribution in [0.15, 0.2) is 65.3 Å². The molecule has 5 aromatic rings. The number of thiazole rings is 1. The average molecular weight is 633 g/mol. The molecule has 4 heterocycles. The Balaban J connectivity index is 0.00000202. The van der Waals surface area contributed by atoms with Crippen molar-refractivity contribution in [1.29, 1.82) is 0 Å². The predicted octanol–water partition coefficient (Wildman–Crippen LogP) is 4.39. The van der Waals surface area contributed by atoms with Gasteiger partial charge < -0.3 is 10.8 Å². The molecule has 0 bridgehead atoms. The van der Waals surface area contributed by atoms with E-state index in [1.807, 2.05) is 36.4 Å². The van der Waals surface area contributed by atoms with Gasteiger partial charge in [0.15, 0.2) is 5.52 Å². The second kappa shape index (κ2) is 13.0. The molecule has 3 aromatic heterocycles. The first-order chi connectivity index (χ1) is 19.3. The molecule has 42 heavy (non-hydrogen) atoms. The highest BCUT2D eigenvalue weighted by Gasteiger charge is 2.33. The van der Waals surface area contributed by atoms with Crippen molar-refractivity contribution in [3.8, 4) is 21.7 Å². The van der Waals surface area contributed by atoms with Crippen LogP contribution in [0.25, 0.3) is 32.7 Å². The summed E-state index contributed by atoms with van der Waals surface area (Å²) >= 11 is 1.48. The Hall–Kier alpha value is -3.19. The molecule has 1 aliphatic heterocycles. The smallest absolute Gasteiger partial charge is 0.281 e. The number of hydrogen-bond donors (Lipinski definition) is 2. The van der Waals surface area contributed by atoms with E-state index in [2.05, 4.69) is 20.0 Å². The standard InChI is InChI=1S/C29H30FN7O2S.2ClH/c1-35-27(20-4-2-19(13-31)3-5-20)25-26(34-35)28(38)37(17-33-25)16-29(39)8-10-36(11-9-29)15-22-7-6-21(12-23(22)30)24-14-32-18-40-24;;/h2-7,12,14,17-18,39H,8-11,13,15-16,31H2,1H3;2*1H. The van der Waals surface area contributed by atoms with Gasteiger partial charge in [-0.1, -0.05) is 36.4 Å². The van der Waals surface area contributed by atoms with Gasteiger partial charge in [-0.25, -0.2) is 9.37 Å². The zero-order chi connectivity index (χ0) is 27.9. The van der Waals surface area contributed by atoms with Crippen LogP contribution in [0.5, 0.6) is 0 Å². The summed E-state index contributed by atoms with van der Waals surface area (Å²) in [5.41, 5.74) is 11.0. The molecule has 0 spiro atoms. The zero-order valence-electron chi connectivity index (χ0n) is 22.9. The topological polar surface area (TPSA) is 115 Å². The molecule has 13 heteroatoms. The Morgan fingerprint density at radius 2 is 1.79 bits per heavy atom. The number of likely N-dealkylation sites (tertiary alicyclic amines) is 1. The highest BCUT2D eigenvalue weighted by Crippen LogP contribution is 2.29. The number of aryl methyl sites for hydroxylation is 1. The Bertz CT molecular complexity index is 1720. The summed E-state index contributed by atoms with van der Waals surface area (Å²) in [7, 11) is 1.79. The first-order valence-corrected chi connectivity index (χ1v) is 14.0. The van der Waals surface area contributed by atoms with E-state index < -0.39 is 5.60 Å². The number of fused-ring (bicyclic) bond motifs is 1. The molecule has 0 aliphatic carbocycles. The van der Waals surface area contributed by atoms with Gasteiger partial charge in [0, 0.05) is 50.6 Å². The van der Waals surface area contributed by atoms with Crippen molar-refractivity contribution in [3.05, 3.63) is 87.8 Å². The van der Waals surface area contributed by atoms with Crippen LogP contribution in [0.1, 0.15) is 24.0 Å². The Morgan fingerprint density at radius 3 is 2.43 bits per heavy atom. The van der Waals surface area contributed by atoms with Gasteiger partial charge in [0.25, 0.3) is 5.56 Å². The Morgan fingerprint density at radius 1 is 1.07 bits per heavy atom. The molecule has 0 atom stereocenters. The third-order valence-electron chi connectivity index (χ3n) is 7.69. The van der Waals surface area contributed by atoms with Gasteiger partial charge in [0.05, 0.1) is 34.6 Å². The summed E-state index contributed by atoms with van der Waals surface area (Å²) in [6.07, 6.45) is 4.14. The second-order valence-corrected chi connectivity index (χ2v) is 11.3. The first kappa shape index (κ1) is 31.7. The predicted molar refractivity (Wildman–Crippen MR) is 168 cm³/mol. The fraction of sp³-hybridized carbons (Fsp3) is 0.310.